The lowest BCUT2D eigenvalue weighted by Crippen LogP contribution is -2.14. The summed E-state index contributed by atoms with van der Waals surface area (Å²) < 4.78 is 13.2. The van der Waals surface area contributed by atoms with Gasteiger partial charge >= 0.3 is 7.75 Å². The molecular formula is C15H16BrN2O3P. The van der Waals surface area contributed by atoms with Crippen LogP contribution < -0.4 is 0 Å². The maximum Gasteiger partial charge on any atom is 0.403 e. The van der Waals surface area contributed by atoms with Crippen LogP contribution in [0.3, 0.4) is 0 Å². The third kappa shape index (κ3) is 4.60. The van der Waals surface area contributed by atoms with Crippen molar-refractivity contribution in [1.29, 1.82) is 0 Å². The second-order valence-electron chi connectivity index (χ2n) is 4.72. The van der Waals surface area contributed by atoms with E-state index in [4.69, 9.17) is 9.79 Å². The van der Waals surface area contributed by atoms with Gasteiger partial charge in [0.25, 0.3) is 0 Å². The van der Waals surface area contributed by atoms with Gasteiger partial charge in [-0.2, -0.15) is 0 Å². The summed E-state index contributed by atoms with van der Waals surface area (Å²) in [7, 11) is -2.85. The van der Waals surface area contributed by atoms with Crippen LogP contribution in [0.25, 0.3) is 5.57 Å². The van der Waals surface area contributed by atoms with Gasteiger partial charge in [0.2, 0.25) is 0 Å². The fourth-order valence-electron chi connectivity index (χ4n) is 1.88. The van der Waals surface area contributed by atoms with Crippen LogP contribution >= 0.6 is 23.7 Å². The molecule has 0 saturated heterocycles. The average Bonchev–Trinajstić information content (AvgIpc) is 2.49. The molecule has 0 radical (unpaired) electrons. The maximum atomic E-state index is 11.2. The molecule has 2 aromatic rings. The number of nitrogens with zero attached hydrogens (tertiary/aromatic N) is 2. The summed E-state index contributed by atoms with van der Waals surface area (Å²) in [5, 5.41) is 0. The van der Waals surface area contributed by atoms with Gasteiger partial charge in [0.15, 0.2) is 0 Å². The minimum Gasteiger partial charge on any atom is -0.312 e. The number of hydrogen-bond acceptors (Lipinski definition) is 2. The van der Waals surface area contributed by atoms with E-state index in [0.717, 1.165) is 25.8 Å². The second-order valence-corrected chi connectivity index (χ2v) is 7.34. The molecule has 0 unspecified atom stereocenters. The van der Waals surface area contributed by atoms with E-state index in [1.54, 1.807) is 18.5 Å². The molecule has 1 aromatic heterocycles. The minimum absolute atomic E-state index is 0.130. The number of benzene rings is 1. The molecular weight excluding hydrogens is 367 g/mol. The Morgan fingerprint density at radius 1 is 1.27 bits per heavy atom. The highest BCUT2D eigenvalue weighted by atomic mass is 79.9. The monoisotopic (exact) mass is 382 g/mol. The number of pyridine rings is 1. The first kappa shape index (κ1) is 17.1. The fraction of sp³-hybridized carbons (Fsp3) is 0.133. The molecule has 5 nitrogen and oxygen atoms in total. The molecule has 0 aliphatic heterocycles. The molecule has 1 aromatic carbocycles. The summed E-state index contributed by atoms with van der Waals surface area (Å²) in [4.78, 5) is 22.4. The zero-order chi connectivity index (χ0) is 16.2. The van der Waals surface area contributed by atoms with Crippen molar-refractivity contribution in [2.75, 3.05) is 13.6 Å². The van der Waals surface area contributed by atoms with Crippen LogP contribution in [0.4, 0.5) is 0 Å². The Bertz CT molecular complexity index is 698. The van der Waals surface area contributed by atoms with Crippen molar-refractivity contribution in [3.8, 4) is 0 Å². The van der Waals surface area contributed by atoms with Crippen molar-refractivity contribution in [2.24, 2.45) is 0 Å². The lowest BCUT2D eigenvalue weighted by molar-refractivity contribution is 0.302. The number of rotatable bonds is 5. The summed E-state index contributed by atoms with van der Waals surface area (Å²) in [6.45, 7) is 0.130. The normalized spacial score (nSPS) is 12.7. The van der Waals surface area contributed by atoms with E-state index in [1.807, 2.05) is 36.4 Å². The van der Waals surface area contributed by atoms with Crippen molar-refractivity contribution >= 4 is 29.2 Å². The molecule has 0 aliphatic rings. The summed E-state index contributed by atoms with van der Waals surface area (Å²) in [5.74, 6) is 0. The van der Waals surface area contributed by atoms with Gasteiger partial charge in [0, 0.05) is 29.0 Å². The smallest absolute Gasteiger partial charge is 0.312 e. The summed E-state index contributed by atoms with van der Waals surface area (Å²) in [6.07, 6.45) is 5.20. The molecule has 0 bridgehead atoms. The lowest BCUT2D eigenvalue weighted by atomic mass is 9.99. The highest BCUT2D eigenvalue weighted by Crippen LogP contribution is 2.38. The zero-order valence-electron chi connectivity index (χ0n) is 11.9. The molecule has 22 heavy (non-hydrogen) atoms. The Morgan fingerprint density at radius 3 is 2.50 bits per heavy atom. The topological polar surface area (TPSA) is 73.7 Å². The van der Waals surface area contributed by atoms with Crippen LogP contribution in [0.5, 0.6) is 0 Å². The number of hydrogen-bond donors (Lipinski definition) is 2. The van der Waals surface area contributed by atoms with Crippen LogP contribution in [0.2, 0.25) is 0 Å². The standard InChI is InChI=1S/C15H16BrN2O3P/c1-18(22(19,20)21)10-8-15(13-3-2-9-17-11-13)12-4-6-14(16)7-5-12/h2-9,11H,10H2,1H3,(H2,19,20,21)/b15-8-. The first-order valence-electron chi connectivity index (χ1n) is 6.51. The van der Waals surface area contributed by atoms with Crippen LogP contribution in [-0.2, 0) is 4.57 Å². The molecule has 2 rings (SSSR count). The van der Waals surface area contributed by atoms with Crippen molar-refractivity contribution < 1.29 is 14.4 Å². The highest BCUT2D eigenvalue weighted by Gasteiger charge is 2.19. The third-order valence-electron chi connectivity index (χ3n) is 3.13. The van der Waals surface area contributed by atoms with Crippen molar-refractivity contribution in [2.45, 2.75) is 0 Å². The first-order chi connectivity index (χ1) is 10.4. The average molecular weight is 383 g/mol. The number of aromatic nitrogens is 1. The predicted molar refractivity (Wildman–Crippen MR) is 90.1 cm³/mol. The van der Waals surface area contributed by atoms with Gasteiger partial charge in [-0.05, 0) is 36.4 Å². The minimum atomic E-state index is -4.24. The molecule has 7 heteroatoms. The molecule has 0 amide bonds. The van der Waals surface area contributed by atoms with E-state index in [1.165, 1.54) is 7.05 Å². The second kappa shape index (κ2) is 7.31. The molecule has 2 N–H and O–H groups in total. The zero-order valence-corrected chi connectivity index (χ0v) is 14.4. The lowest BCUT2D eigenvalue weighted by Gasteiger charge is -2.17. The van der Waals surface area contributed by atoms with Gasteiger partial charge in [-0.25, -0.2) is 9.24 Å². The Kier molecular flexibility index (Phi) is 5.67. The quantitative estimate of drug-likeness (QED) is 0.776. The third-order valence-corrected chi connectivity index (χ3v) is 4.71. The van der Waals surface area contributed by atoms with E-state index < -0.39 is 7.75 Å². The van der Waals surface area contributed by atoms with E-state index >= 15 is 0 Å². The van der Waals surface area contributed by atoms with Crippen molar-refractivity contribution in [1.82, 2.24) is 9.65 Å². The van der Waals surface area contributed by atoms with E-state index in [2.05, 4.69) is 20.9 Å². The van der Waals surface area contributed by atoms with Gasteiger partial charge in [0.05, 0.1) is 0 Å². The number of likely N-dealkylation sites (N-methyl/N-ethyl adjacent to an activating group) is 1. The number of halogens is 1. The van der Waals surface area contributed by atoms with Crippen LogP contribution in [0.1, 0.15) is 11.1 Å². The largest absolute Gasteiger partial charge is 0.403 e. The fourth-order valence-corrected chi connectivity index (χ4v) is 2.44. The molecule has 0 spiro atoms. The van der Waals surface area contributed by atoms with E-state index in [9.17, 15) is 4.57 Å². The molecule has 0 fully saturated rings. The van der Waals surface area contributed by atoms with Crippen LogP contribution in [0.15, 0.2) is 59.3 Å². The Labute approximate surface area is 137 Å². The maximum absolute atomic E-state index is 11.2. The molecule has 0 atom stereocenters. The first-order valence-corrected chi connectivity index (χ1v) is 8.87. The summed E-state index contributed by atoms with van der Waals surface area (Å²) in [5.41, 5.74) is 2.72. The summed E-state index contributed by atoms with van der Waals surface area (Å²) >= 11 is 3.40. The molecule has 116 valence electrons. The van der Waals surface area contributed by atoms with Gasteiger partial charge in [-0.1, -0.05) is 40.2 Å². The van der Waals surface area contributed by atoms with Crippen molar-refractivity contribution in [3.63, 3.8) is 0 Å². The van der Waals surface area contributed by atoms with Crippen LogP contribution in [0, 0.1) is 0 Å². The van der Waals surface area contributed by atoms with Gasteiger partial charge in [-0.15, -0.1) is 0 Å². The van der Waals surface area contributed by atoms with Gasteiger partial charge in [-0.3, -0.25) is 4.98 Å². The SMILES string of the molecule is CN(C/C=C(/c1ccc(Br)cc1)c1cccnc1)P(=O)(O)O. The Morgan fingerprint density at radius 2 is 1.95 bits per heavy atom. The Hall–Kier alpha value is -1.30. The highest BCUT2D eigenvalue weighted by molar-refractivity contribution is 9.10. The molecule has 1 heterocycles. The van der Waals surface area contributed by atoms with E-state index in [0.29, 0.717) is 0 Å². The molecule has 0 aliphatic carbocycles. The van der Waals surface area contributed by atoms with Crippen molar-refractivity contribution in [3.05, 3.63) is 70.5 Å². The van der Waals surface area contributed by atoms with Crippen LogP contribution in [-0.4, -0.2) is 33.0 Å². The predicted octanol–water partition coefficient (Wildman–Crippen LogP) is 3.30. The van der Waals surface area contributed by atoms with Gasteiger partial charge < -0.3 is 9.79 Å². The molecule has 0 saturated carbocycles. The Balaban J connectivity index is 2.38. The van der Waals surface area contributed by atoms with E-state index in [-0.39, 0.29) is 6.54 Å². The summed E-state index contributed by atoms with van der Waals surface area (Å²) in [6, 6.07) is 11.5. The van der Waals surface area contributed by atoms with Gasteiger partial charge in [0.1, 0.15) is 0 Å².